The summed E-state index contributed by atoms with van der Waals surface area (Å²) in [5.41, 5.74) is 7.46. The predicted molar refractivity (Wildman–Crippen MR) is 97.0 cm³/mol. The Morgan fingerprint density at radius 2 is 1.85 bits per heavy atom. The molecule has 5 nitrogen and oxygen atoms in total. The zero-order chi connectivity index (χ0) is 19.3. The van der Waals surface area contributed by atoms with Crippen LogP contribution >= 0.6 is 0 Å². The summed E-state index contributed by atoms with van der Waals surface area (Å²) in [6.07, 6.45) is -0.636. The number of amidine groups is 1. The summed E-state index contributed by atoms with van der Waals surface area (Å²) in [6.45, 7) is 1.74. The molecule has 8 heteroatoms. The first-order valence-corrected chi connectivity index (χ1v) is 8.67. The topological polar surface area (TPSA) is 72.5 Å². The quantitative estimate of drug-likeness (QED) is 0.615. The number of pyridine rings is 1. The molecule has 1 aliphatic rings. The Morgan fingerprint density at radius 1 is 1.15 bits per heavy atom. The largest absolute Gasteiger partial charge is 0.573 e. The molecule has 0 radical (unpaired) electrons. The molecule has 27 heavy (non-hydrogen) atoms. The Balaban J connectivity index is 1.76. The Hall–Kier alpha value is -2.61. The Morgan fingerprint density at radius 3 is 2.44 bits per heavy atom. The van der Waals surface area contributed by atoms with Crippen molar-refractivity contribution in [2.45, 2.75) is 31.0 Å². The van der Waals surface area contributed by atoms with Crippen LogP contribution in [0.25, 0.3) is 0 Å². The van der Waals surface area contributed by atoms with Gasteiger partial charge in [-0.2, -0.15) is 0 Å². The van der Waals surface area contributed by atoms with Crippen molar-refractivity contribution in [3.05, 3.63) is 54.4 Å². The fourth-order valence-electron chi connectivity index (χ4n) is 3.38. The molecule has 1 aromatic heterocycles. The van der Waals surface area contributed by atoms with Crippen LogP contribution in [0.1, 0.15) is 25.0 Å². The van der Waals surface area contributed by atoms with Gasteiger partial charge in [-0.05, 0) is 62.3 Å². The van der Waals surface area contributed by atoms with Crippen LogP contribution in [0.5, 0.6) is 5.75 Å². The van der Waals surface area contributed by atoms with E-state index < -0.39 is 6.36 Å². The Labute approximate surface area is 155 Å². The van der Waals surface area contributed by atoms with E-state index in [4.69, 9.17) is 5.73 Å². The molecule has 1 aliphatic heterocycles. The maximum Gasteiger partial charge on any atom is 0.573 e. The highest BCUT2D eigenvalue weighted by atomic mass is 19.4. The average Bonchev–Trinajstić information content (AvgIpc) is 2.64. The first-order chi connectivity index (χ1) is 12.9. The number of nitrogens with two attached hydrogens (primary N) is 1. The molecule has 3 rings (SSSR count). The van der Waals surface area contributed by atoms with E-state index in [9.17, 15) is 13.2 Å². The van der Waals surface area contributed by atoms with Crippen molar-refractivity contribution in [3.63, 3.8) is 0 Å². The molecule has 0 spiro atoms. The highest BCUT2D eigenvalue weighted by molar-refractivity contribution is 5.84. The zero-order valence-corrected chi connectivity index (χ0v) is 14.7. The third kappa shape index (κ3) is 5.19. The highest BCUT2D eigenvalue weighted by Gasteiger charge is 2.36. The van der Waals surface area contributed by atoms with Crippen LogP contribution in [0.4, 0.5) is 18.9 Å². The van der Waals surface area contributed by atoms with Gasteiger partial charge < -0.3 is 15.8 Å². The highest BCUT2D eigenvalue weighted by Crippen LogP contribution is 2.36. The number of benzene rings is 1. The van der Waals surface area contributed by atoms with Gasteiger partial charge in [-0.25, -0.2) is 4.99 Å². The fourth-order valence-corrected chi connectivity index (χ4v) is 3.38. The summed E-state index contributed by atoms with van der Waals surface area (Å²) in [5, 5.41) is 3.34. The smallest absolute Gasteiger partial charge is 0.406 e. The first kappa shape index (κ1) is 19.2. The molecule has 3 N–H and O–H groups in total. The van der Waals surface area contributed by atoms with Gasteiger partial charge in [0.05, 0.1) is 5.69 Å². The van der Waals surface area contributed by atoms with Gasteiger partial charge in [0.1, 0.15) is 11.6 Å². The third-order valence-corrected chi connectivity index (χ3v) is 4.63. The van der Waals surface area contributed by atoms with Crippen LogP contribution in [0.2, 0.25) is 0 Å². The van der Waals surface area contributed by atoms with Crippen molar-refractivity contribution >= 4 is 11.5 Å². The van der Waals surface area contributed by atoms with Crippen LogP contribution in [0.3, 0.4) is 0 Å². The van der Waals surface area contributed by atoms with Crippen molar-refractivity contribution in [1.82, 2.24) is 10.3 Å². The minimum Gasteiger partial charge on any atom is -0.406 e. The number of ether oxygens (including phenoxy) is 1. The van der Waals surface area contributed by atoms with Gasteiger partial charge in [-0.3, -0.25) is 4.98 Å². The molecule has 0 aliphatic carbocycles. The average molecular weight is 378 g/mol. The lowest BCUT2D eigenvalue weighted by atomic mass is 9.73. The number of hydrogen-bond donors (Lipinski definition) is 2. The van der Waals surface area contributed by atoms with E-state index in [0.717, 1.165) is 31.6 Å². The SMILES string of the molecule is NC(CC1(c2ccccn2)CCNCC1)=Nc1ccc(OC(F)(F)F)cc1. The molecular formula is C19H21F3N4O. The maximum absolute atomic E-state index is 12.2. The van der Waals surface area contributed by atoms with Gasteiger partial charge >= 0.3 is 6.36 Å². The van der Waals surface area contributed by atoms with Gasteiger partial charge in [0, 0.05) is 23.7 Å². The second-order valence-electron chi connectivity index (χ2n) is 6.57. The molecule has 0 bridgehead atoms. The Bertz CT molecular complexity index is 770. The number of aliphatic imine (C=N–C) groups is 1. The van der Waals surface area contributed by atoms with E-state index in [-0.39, 0.29) is 11.2 Å². The zero-order valence-electron chi connectivity index (χ0n) is 14.7. The molecule has 1 saturated heterocycles. The summed E-state index contributed by atoms with van der Waals surface area (Å²) in [7, 11) is 0. The van der Waals surface area contributed by atoms with Crippen LogP contribution < -0.4 is 15.8 Å². The third-order valence-electron chi connectivity index (χ3n) is 4.63. The Kier molecular flexibility index (Phi) is 5.65. The fraction of sp³-hybridized carbons (Fsp3) is 0.368. The monoisotopic (exact) mass is 378 g/mol. The van der Waals surface area contributed by atoms with Crippen molar-refractivity contribution in [2.24, 2.45) is 10.7 Å². The molecule has 2 aromatic rings. The predicted octanol–water partition coefficient (Wildman–Crippen LogP) is 3.68. The number of nitrogens with zero attached hydrogens (tertiary/aromatic N) is 2. The summed E-state index contributed by atoms with van der Waals surface area (Å²) < 4.78 is 40.6. The van der Waals surface area contributed by atoms with Crippen molar-refractivity contribution in [3.8, 4) is 5.75 Å². The van der Waals surface area contributed by atoms with E-state index in [2.05, 4.69) is 20.0 Å². The number of halogens is 3. The minimum absolute atomic E-state index is 0.195. The van der Waals surface area contributed by atoms with Gasteiger partial charge in [-0.15, -0.1) is 13.2 Å². The van der Waals surface area contributed by atoms with Crippen molar-refractivity contribution in [2.75, 3.05) is 13.1 Å². The number of hydrogen-bond acceptors (Lipinski definition) is 4. The molecule has 1 aromatic carbocycles. The van der Waals surface area contributed by atoms with Crippen LogP contribution in [0, 0.1) is 0 Å². The van der Waals surface area contributed by atoms with Crippen molar-refractivity contribution in [1.29, 1.82) is 0 Å². The normalized spacial score (nSPS) is 17.5. The van der Waals surface area contributed by atoms with E-state index >= 15 is 0 Å². The summed E-state index contributed by atoms with van der Waals surface area (Å²) in [6, 6.07) is 11.2. The molecular weight excluding hydrogens is 357 g/mol. The van der Waals surface area contributed by atoms with Gasteiger partial charge in [-0.1, -0.05) is 6.07 Å². The van der Waals surface area contributed by atoms with Gasteiger partial charge in [0.15, 0.2) is 0 Å². The van der Waals surface area contributed by atoms with Crippen LogP contribution in [-0.2, 0) is 5.41 Å². The van der Waals surface area contributed by atoms with E-state index in [1.807, 2.05) is 18.2 Å². The first-order valence-electron chi connectivity index (χ1n) is 8.67. The number of rotatable bonds is 5. The van der Waals surface area contributed by atoms with E-state index in [1.54, 1.807) is 6.20 Å². The lowest BCUT2D eigenvalue weighted by Crippen LogP contribution is -2.43. The molecule has 144 valence electrons. The lowest BCUT2D eigenvalue weighted by molar-refractivity contribution is -0.274. The van der Waals surface area contributed by atoms with Crippen LogP contribution in [-0.4, -0.2) is 30.3 Å². The summed E-state index contributed by atoms with van der Waals surface area (Å²) in [5.74, 6) is 0.135. The molecule has 1 fully saturated rings. The minimum atomic E-state index is -4.71. The number of alkyl halides is 3. The maximum atomic E-state index is 12.2. The number of nitrogens with one attached hydrogen (secondary N) is 1. The van der Waals surface area contributed by atoms with Gasteiger partial charge in [0.25, 0.3) is 0 Å². The second kappa shape index (κ2) is 7.96. The number of piperidine rings is 1. The van der Waals surface area contributed by atoms with E-state index in [0.29, 0.717) is 17.9 Å². The molecule has 2 heterocycles. The molecule has 0 amide bonds. The standard InChI is InChI=1S/C19H21F3N4O/c20-19(21,22)27-15-6-4-14(5-7-15)26-17(23)13-18(8-11-24-12-9-18)16-3-1-2-10-25-16/h1-7,10,24H,8-9,11-13H2,(H2,23,26). The summed E-state index contributed by atoms with van der Waals surface area (Å²) in [4.78, 5) is 8.89. The summed E-state index contributed by atoms with van der Waals surface area (Å²) >= 11 is 0. The molecule has 0 unspecified atom stereocenters. The van der Waals surface area contributed by atoms with E-state index in [1.165, 1.54) is 24.3 Å². The van der Waals surface area contributed by atoms with Gasteiger partial charge in [0.2, 0.25) is 0 Å². The number of aromatic nitrogens is 1. The molecule has 0 saturated carbocycles. The van der Waals surface area contributed by atoms with Crippen molar-refractivity contribution < 1.29 is 17.9 Å². The molecule has 0 atom stereocenters. The van der Waals surface area contributed by atoms with Crippen LogP contribution in [0.15, 0.2) is 53.7 Å². The lowest BCUT2D eigenvalue weighted by Gasteiger charge is -2.37. The second-order valence-corrected chi connectivity index (χ2v) is 6.57.